The van der Waals surface area contributed by atoms with Crippen LogP contribution in [0.25, 0.3) is 0 Å². The van der Waals surface area contributed by atoms with Gasteiger partial charge in [-0.15, -0.1) is 23.4 Å². The van der Waals surface area contributed by atoms with Crippen molar-refractivity contribution in [3.8, 4) is 0 Å². The molecule has 0 radical (unpaired) electrons. The average molecular weight is 203 g/mol. The fourth-order valence-electron chi connectivity index (χ4n) is 1.33. The molecule has 0 spiro atoms. The molecule has 1 unspecified atom stereocenters. The number of alkyl halides is 1. The minimum absolute atomic E-state index is 0.157. The van der Waals surface area contributed by atoms with Crippen LogP contribution in [0.3, 0.4) is 0 Å². The van der Waals surface area contributed by atoms with E-state index in [2.05, 4.69) is 0 Å². The number of fused-ring (bicyclic) bond motifs is 1. The second-order valence-corrected chi connectivity index (χ2v) is 4.54. The van der Waals surface area contributed by atoms with Crippen LogP contribution in [0.4, 0.5) is 4.39 Å². The minimum atomic E-state index is -0.167. The average Bonchev–Trinajstić information content (AvgIpc) is 2.03. The van der Waals surface area contributed by atoms with Crippen LogP contribution in [-0.4, -0.2) is 11.1 Å². The quantitative estimate of drug-likeness (QED) is 0.583. The Morgan fingerprint density at radius 1 is 1.50 bits per heavy atom. The van der Waals surface area contributed by atoms with Gasteiger partial charge in [-0.05, 0) is 30.2 Å². The summed E-state index contributed by atoms with van der Waals surface area (Å²) in [6.07, 6.45) is 0.793. The molecule has 2 rings (SSSR count). The monoisotopic (exact) mass is 202 g/mol. The highest BCUT2D eigenvalue weighted by atomic mass is 35.5. The Morgan fingerprint density at radius 3 is 3.17 bits per heavy atom. The van der Waals surface area contributed by atoms with E-state index in [1.165, 1.54) is 11.0 Å². The van der Waals surface area contributed by atoms with E-state index in [0.29, 0.717) is 0 Å². The van der Waals surface area contributed by atoms with Gasteiger partial charge in [0.05, 0.1) is 0 Å². The van der Waals surface area contributed by atoms with Gasteiger partial charge in [0.15, 0.2) is 0 Å². The predicted molar refractivity (Wildman–Crippen MR) is 50.5 cm³/mol. The first-order chi connectivity index (χ1) is 5.75. The predicted octanol–water partition coefficient (Wildman–Crippen LogP) is 3.08. The maximum absolute atomic E-state index is 12.8. The molecule has 1 aromatic carbocycles. The second kappa shape index (κ2) is 3.27. The molecule has 1 aromatic rings. The van der Waals surface area contributed by atoms with Crippen LogP contribution < -0.4 is 0 Å². The number of rotatable bonds is 0. The zero-order valence-corrected chi connectivity index (χ0v) is 7.96. The molecule has 0 bridgehead atoms. The number of hydrogen-bond acceptors (Lipinski definition) is 1. The van der Waals surface area contributed by atoms with Crippen molar-refractivity contribution in [3.63, 3.8) is 0 Å². The molecule has 0 aromatic heterocycles. The molecular weight excluding hydrogens is 195 g/mol. The van der Waals surface area contributed by atoms with E-state index in [4.69, 9.17) is 11.6 Å². The molecule has 3 heteroatoms. The van der Waals surface area contributed by atoms with Gasteiger partial charge in [0.25, 0.3) is 0 Å². The molecule has 0 nitrogen and oxygen atoms in total. The summed E-state index contributed by atoms with van der Waals surface area (Å²) in [5.41, 5.74) is 1.05. The third-order valence-electron chi connectivity index (χ3n) is 1.88. The molecule has 0 amide bonds. The van der Waals surface area contributed by atoms with E-state index in [0.717, 1.165) is 17.7 Å². The fourth-order valence-corrected chi connectivity index (χ4v) is 2.65. The summed E-state index contributed by atoms with van der Waals surface area (Å²) in [6.45, 7) is 0. The zero-order chi connectivity index (χ0) is 8.55. The summed E-state index contributed by atoms with van der Waals surface area (Å²) >= 11 is 7.66. The summed E-state index contributed by atoms with van der Waals surface area (Å²) < 4.78 is 12.8. The van der Waals surface area contributed by atoms with Gasteiger partial charge in [0, 0.05) is 16.0 Å². The van der Waals surface area contributed by atoms with Gasteiger partial charge in [-0.2, -0.15) is 0 Å². The lowest BCUT2D eigenvalue weighted by Gasteiger charge is -2.18. The normalized spacial score (nSPS) is 22.0. The Labute approximate surface area is 80.1 Å². The topological polar surface area (TPSA) is 0 Å². The van der Waals surface area contributed by atoms with E-state index in [1.54, 1.807) is 17.8 Å². The Morgan fingerprint density at radius 2 is 2.33 bits per heavy atom. The number of thioether (sulfide) groups is 1. The highest BCUT2D eigenvalue weighted by molar-refractivity contribution is 7.99. The van der Waals surface area contributed by atoms with Gasteiger partial charge in [-0.3, -0.25) is 0 Å². The lowest BCUT2D eigenvalue weighted by atomic mass is 10.1. The van der Waals surface area contributed by atoms with Crippen LogP contribution >= 0.6 is 23.4 Å². The van der Waals surface area contributed by atoms with Gasteiger partial charge < -0.3 is 0 Å². The molecule has 64 valence electrons. The van der Waals surface area contributed by atoms with E-state index in [9.17, 15) is 4.39 Å². The molecule has 12 heavy (non-hydrogen) atoms. The van der Waals surface area contributed by atoms with Crippen molar-refractivity contribution in [3.05, 3.63) is 29.6 Å². The van der Waals surface area contributed by atoms with Crippen molar-refractivity contribution in [2.45, 2.75) is 16.7 Å². The van der Waals surface area contributed by atoms with Gasteiger partial charge in [-0.25, -0.2) is 4.39 Å². The highest BCUT2D eigenvalue weighted by Gasteiger charge is 2.16. The van der Waals surface area contributed by atoms with Crippen molar-refractivity contribution in [1.29, 1.82) is 0 Å². The van der Waals surface area contributed by atoms with E-state index >= 15 is 0 Å². The minimum Gasteiger partial charge on any atom is -0.207 e. The lowest BCUT2D eigenvalue weighted by molar-refractivity contribution is 0.622. The van der Waals surface area contributed by atoms with Crippen LogP contribution in [0.2, 0.25) is 0 Å². The van der Waals surface area contributed by atoms with E-state index in [1.807, 2.05) is 6.07 Å². The molecule has 1 aliphatic heterocycles. The Kier molecular flexibility index (Phi) is 2.28. The summed E-state index contributed by atoms with van der Waals surface area (Å²) in [5, 5.41) is 0.157. The molecule has 0 saturated carbocycles. The zero-order valence-electron chi connectivity index (χ0n) is 6.39. The van der Waals surface area contributed by atoms with Crippen LogP contribution in [-0.2, 0) is 6.42 Å². The molecule has 0 N–H and O–H groups in total. The molecule has 0 fully saturated rings. The third kappa shape index (κ3) is 1.59. The van der Waals surface area contributed by atoms with Gasteiger partial charge in [0.2, 0.25) is 0 Å². The van der Waals surface area contributed by atoms with Crippen molar-refractivity contribution < 1.29 is 4.39 Å². The highest BCUT2D eigenvalue weighted by Crippen LogP contribution is 2.32. The molecule has 1 aliphatic rings. The van der Waals surface area contributed by atoms with Crippen molar-refractivity contribution >= 4 is 23.4 Å². The molecule has 1 atom stereocenters. The third-order valence-corrected chi connectivity index (χ3v) is 3.65. The first-order valence-corrected chi connectivity index (χ1v) is 5.23. The van der Waals surface area contributed by atoms with Crippen molar-refractivity contribution in [2.75, 3.05) is 5.75 Å². The van der Waals surface area contributed by atoms with Gasteiger partial charge >= 0.3 is 0 Å². The number of benzene rings is 1. The molecular formula is C9H8ClFS. The largest absolute Gasteiger partial charge is 0.207 e. The smallest absolute Gasteiger partial charge is 0.123 e. The van der Waals surface area contributed by atoms with Crippen LogP contribution in [0.1, 0.15) is 5.56 Å². The Balaban J connectivity index is 2.37. The molecule has 0 aliphatic carbocycles. The number of hydrogen-bond donors (Lipinski definition) is 0. The van der Waals surface area contributed by atoms with Crippen LogP contribution in [0, 0.1) is 5.82 Å². The summed E-state index contributed by atoms with van der Waals surface area (Å²) in [6, 6.07) is 4.91. The first kappa shape index (κ1) is 8.39. The van der Waals surface area contributed by atoms with Gasteiger partial charge in [0.1, 0.15) is 5.82 Å². The number of halogens is 2. The second-order valence-electron chi connectivity index (χ2n) is 2.86. The van der Waals surface area contributed by atoms with Crippen LogP contribution in [0.5, 0.6) is 0 Å². The Hall–Kier alpha value is -0.210. The SMILES string of the molecule is Fc1ccc2c(c1)CC(Cl)CS2. The van der Waals surface area contributed by atoms with Crippen molar-refractivity contribution in [2.24, 2.45) is 0 Å². The fraction of sp³-hybridized carbons (Fsp3) is 0.333. The van der Waals surface area contributed by atoms with Crippen LogP contribution in [0.15, 0.2) is 23.1 Å². The maximum Gasteiger partial charge on any atom is 0.123 e. The molecule has 1 heterocycles. The van der Waals surface area contributed by atoms with Crippen molar-refractivity contribution in [1.82, 2.24) is 0 Å². The van der Waals surface area contributed by atoms with E-state index in [-0.39, 0.29) is 11.2 Å². The summed E-state index contributed by atoms with van der Waals surface area (Å²) in [7, 11) is 0. The summed E-state index contributed by atoms with van der Waals surface area (Å²) in [4.78, 5) is 1.17. The maximum atomic E-state index is 12.8. The molecule has 0 saturated heterocycles. The summed E-state index contributed by atoms with van der Waals surface area (Å²) in [5.74, 6) is 0.764. The standard InChI is InChI=1S/C9H8ClFS/c10-7-3-6-4-8(11)1-2-9(6)12-5-7/h1-2,4,7H,3,5H2. The van der Waals surface area contributed by atoms with E-state index < -0.39 is 0 Å². The first-order valence-electron chi connectivity index (χ1n) is 3.81. The Bertz CT molecular complexity index is 301. The lowest BCUT2D eigenvalue weighted by Crippen LogP contribution is -2.12. The van der Waals surface area contributed by atoms with Gasteiger partial charge in [-0.1, -0.05) is 0 Å².